The Morgan fingerprint density at radius 2 is 1.92 bits per heavy atom. The summed E-state index contributed by atoms with van der Waals surface area (Å²) in [5.74, 6) is -0.250. The van der Waals surface area contributed by atoms with Crippen molar-refractivity contribution in [3.63, 3.8) is 0 Å². The number of carbonyl (C=O) groups excluding carboxylic acids is 1. The molecule has 1 fully saturated rings. The summed E-state index contributed by atoms with van der Waals surface area (Å²) in [7, 11) is -3.57. The summed E-state index contributed by atoms with van der Waals surface area (Å²) in [6.45, 7) is 5.26. The van der Waals surface area contributed by atoms with Crippen LogP contribution in [0.5, 0.6) is 0 Å². The number of carbonyl (C=O) groups is 1. The number of hydrogen-bond donors (Lipinski definition) is 1. The maximum atomic E-state index is 12.8. The molecule has 1 aliphatic rings. The maximum absolute atomic E-state index is 12.8. The average molecular weight is 354 g/mol. The minimum absolute atomic E-state index is 0.121. The topological polar surface area (TPSA) is 77.9 Å². The van der Waals surface area contributed by atoms with E-state index in [1.54, 1.807) is 19.1 Å². The van der Waals surface area contributed by atoms with Crippen molar-refractivity contribution in [3.8, 4) is 0 Å². The summed E-state index contributed by atoms with van der Waals surface area (Å²) >= 11 is 0. The van der Waals surface area contributed by atoms with Gasteiger partial charge in [0.25, 0.3) is 5.91 Å². The zero-order chi connectivity index (χ0) is 17.7. The number of aliphatic hydroxyl groups is 1. The molecular weight excluding hydrogens is 328 g/mol. The molecule has 0 bridgehead atoms. The fourth-order valence-corrected chi connectivity index (χ4v) is 4.48. The molecule has 134 valence electrons. The van der Waals surface area contributed by atoms with Gasteiger partial charge >= 0.3 is 0 Å². The number of rotatable bonds is 6. The van der Waals surface area contributed by atoms with E-state index in [0.29, 0.717) is 25.2 Å². The second-order valence-corrected chi connectivity index (χ2v) is 7.99. The predicted octanol–water partition coefficient (Wildman–Crippen LogP) is 1.62. The lowest BCUT2D eigenvalue weighted by molar-refractivity contribution is 0.0731. The van der Waals surface area contributed by atoms with E-state index in [9.17, 15) is 13.2 Å². The molecule has 0 saturated carbocycles. The Morgan fingerprint density at radius 1 is 1.25 bits per heavy atom. The molecule has 0 atom stereocenters. The quantitative estimate of drug-likeness (QED) is 0.842. The Balaban J connectivity index is 2.35. The van der Waals surface area contributed by atoms with Crippen LogP contribution in [0.15, 0.2) is 23.1 Å². The molecule has 1 aromatic carbocycles. The highest BCUT2D eigenvalue weighted by atomic mass is 32.2. The number of amides is 1. The standard InChI is InChI=1S/C17H26N2O4S/c1-3-18(11-12-20)17(21)16-13-15(8-7-14(16)2)24(22,23)19-9-5-4-6-10-19/h7-8,13,20H,3-6,9-12H2,1-2H3. The highest BCUT2D eigenvalue weighted by Crippen LogP contribution is 2.23. The van der Waals surface area contributed by atoms with Gasteiger partial charge in [0.2, 0.25) is 10.0 Å². The first-order valence-electron chi connectivity index (χ1n) is 8.42. The number of aryl methyl sites for hydroxylation is 1. The van der Waals surface area contributed by atoms with Crippen LogP contribution in [0, 0.1) is 6.92 Å². The average Bonchev–Trinajstić information content (AvgIpc) is 2.60. The summed E-state index contributed by atoms with van der Waals surface area (Å²) in [5.41, 5.74) is 1.11. The fourth-order valence-electron chi connectivity index (χ4n) is 2.94. The van der Waals surface area contributed by atoms with Crippen LogP contribution >= 0.6 is 0 Å². The summed E-state index contributed by atoms with van der Waals surface area (Å²) < 4.78 is 27.1. The third-order valence-corrected chi connectivity index (χ3v) is 6.33. The lowest BCUT2D eigenvalue weighted by atomic mass is 10.1. The Morgan fingerprint density at radius 3 is 2.50 bits per heavy atom. The number of benzene rings is 1. The van der Waals surface area contributed by atoms with Gasteiger partial charge in [-0.2, -0.15) is 4.31 Å². The van der Waals surface area contributed by atoms with Crippen LogP contribution in [0.4, 0.5) is 0 Å². The monoisotopic (exact) mass is 354 g/mol. The van der Waals surface area contributed by atoms with Crippen LogP contribution in [0.1, 0.15) is 42.1 Å². The smallest absolute Gasteiger partial charge is 0.254 e. The summed E-state index contributed by atoms with van der Waals surface area (Å²) in [4.78, 5) is 14.3. The molecule has 1 heterocycles. The van der Waals surface area contributed by atoms with Gasteiger partial charge < -0.3 is 10.0 Å². The van der Waals surface area contributed by atoms with E-state index in [2.05, 4.69) is 0 Å². The maximum Gasteiger partial charge on any atom is 0.254 e. The Kier molecular flexibility index (Phi) is 6.37. The number of aliphatic hydroxyl groups excluding tert-OH is 1. The summed E-state index contributed by atoms with van der Waals surface area (Å²) in [5, 5.41) is 9.09. The molecule has 7 heteroatoms. The molecule has 0 radical (unpaired) electrons. The van der Waals surface area contributed by atoms with Crippen molar-refractivity contribution in [1.82, 2.24) is 9.21 Å². The number of nitrogens with zero attached hydrogens (tertiary/aromatic N) is 2. The van der Waals surface area contributed by atoms with E-state index in [0.717, 1.165) is 24.8 Å². The van der Waals surface area contributed by atoms with Crippen molar-refractivity contribution < 1.29 is 18.3 Å². The van der Waals surface area contributed by atoms with Crippen molar-refractivity contribution in [2.45, 2.75) is 38.0 Å². The van der Waals surface area contributed by atoms with Crippen LogP contribution in [0.3, 0.4) is 0 Å². The molecule has 6 nitrogen and oxygen atoms in total. The molecule has 1 amide bonds. The highest BCUT2D eigenvalue weighted by molar-refractivity contribution is 7.89. The van der Waals surface area contributed by atoms with Gasteiger partial charge in [0.1, 0.15) is 0 Å². The molecule has 0 aliphatic carbocycles. The van der Waals surface area contributed by atoms with Crippen LogP contribution in [-0.4, -0.2) is 61.4 Å². The molecular formula is C17H26N2O4S. The third kappa shape index (κ3) is 3.96. The lowest BCUT2D eigenvalue weighted by Gasteiger charge is -2.26. The summed E-state index contributed by atoms with van der Waals surface area (Å²) in [6.07, 6.45) is 2.80. The van der Waals surface area contributed by atoms with E-state index in [-0.39, 0.29) is 24.0 Å². The largest absolute Gasteiger partial charge is 0.395 e. The highest BCUT2D eigenvalue weighted by Gasteiger charge is 2.27. The van der Waals surface area contributed by atoms with Crippen LogP contribution in [0.25, 0.3) is 0 Å². The van der Waals surface area contributed by atoms with E-state index < -0.39 is 10.0 Å². The van der Waals surface area contributed by atoms with Gasteiger partial charge in [0, 0.05) is 31.7 Å². The van der Waals surface area contributed by atoms with Crippen LogP contribution in [-0.2, 0) is 10.0 Å². The van der Waals surface area contributed by atoms with Gasteiger partial charge in [-0.25, -0.2) is 8.42 Å². The fraction of sp³-hybridized carbons (Fsp3) is 0.588. The number of likely N-dealkylation sites (N-methyl/N-ethyl adjacent to an activating group) is 1. The predicted molar refractivity (Wildman–Crippen MR) is 92.5 cm³/mol. The van der Waals surface area contributed by atoms with Crippen molar-refractivity contribution in [2.24, 2.45) is 0 Å². The second-order valence-electron chi connectivity index (χ2n) is 6.05. The van der Waals surface area contributed by atoms with Crippen molar-refractivity contribution in [1.29, 1.82) is 0 Å². The minimum Gasteiger partial charge on any atom is -0.395 e. The first-order chi connectivity index (χ1) is 11.4. The van der Waals surface area contributed by atoms with Gasteiger partial charge in [-0.3, -0.25) is 4.79 Å². The van der Waals surface area contributed by atoms with E-state index in [4.69, 9.17) is 5.11 Å². The molecule has 24 heavy (non-hydrogen) atoms. The first-order valence-corrected chi connectivity index (χ1v) is 9.86. The first kappa shape index (κ1) is 18.9. The Hall–Kier alpha value is -1.44. The molecule has 0 spiro atoms. The molecule has 0 aromatic heterocycles. The third-order valence-electron chi connectivity index (χ3n) is 4.43. The molecule has 1 aliphatic heterocycles. The minimum atomic E-state index is -3.57. The van der Waals surface area contributed by atoms with E-state index in [1.165, 1.54) is 15.3 Å². The van der Waals surface area contributed by atoms with Crippen LogP contribution < -0.4 is 0 Å². The van der Waals surface area contributed by atoms with Crippen molar-refractivity contribution in [3.05, 3.63) is 29.3 Å². The van der Waals surface area contributed by atoms with Crippen LogP contribution in [0.2, 0.25) is 0 Å². The van der Waals surface area contributed by atoms with Crippen molar-refractivity contribution in [2.75, 3.05) is 32.8 Å². The van der Waals surface area contributed by atoms with Gasteiger partial charge in [-0.1, -0.05) is 12.5 Å². The number of hydrogen-bond acceptors (Lipinski definition) is 4. The van der Waals surface area contributed by atoms with Gasteiger partial charge in [-0.05, 0) is 44.4 Å². The van der Waals surface area contributed by atoms with E-state index >= 15 is 0 Å². The molecule has 0 unspecified atom stereocenters. The van der Waals surface area contributed by atoms with Gasteiger partial charge in [0.05, 0.1) is 11.5 Å². The Labute approximate surface area is 144 Å². The second kappa shape index (κ2) is 8.09. The molecule has 2 rings (SSSR count). The van der Waals surface area contributed by atoms with Gasteiger partial charge in [0.15, 0.2) is 0 Å². The SMILES string of the molecule is CCN(CCO)C(=O)c1cc(S(=O)(=O)N2CCCCC2)ccc1C. The van der Waals surface area contributed by atoms with Gasteiger partial charge in [-0.15, -0.1) is 0 Å². The molecule has 1 saturated heterocycles. The Bertz CT molecular complexity index is 682. The van der Waals surface area contributed by atoms with E-state index in [1.807, 2.05) is 6.92 Å². The summed E-state index contributed by atoms with van der Waals surface area (Å²) in [6, 6.07) is 4.72. The number of piperidine rings is 1. The number of sulfonamides is 1. The molecule has 1 aromatic rings. The zero-order valence-electron chi connectivity index (χ0n) is 14.4. The van der Waals surface area contributed by atoms with Crippen molar-refractivity contribution >= 4 is 15.9 Å². The normalized spacial score (nSPS) is 16.1. The zero-order valence-corrected chi connectivity index (χ0v) is 15.2. The lowest BCUT2D eigenvalue weighted by Crippen LogP contribution is -2.36. The molecule has 1 N–H and O–H groups in total.